The Morgan fingerprint density at radius 3 is 2.24 bits per heavy atom. The van der Waals surface area contributed by atoms with Crippen LogP contribution in [-0.4, -0.2) is 26.8 Å². The van der Waals surface area contributed by atoms with Crippen LogP contribution in [0.25, 0.3) is 0 Å². The van der Waals surface area contributed by atoms with E-state index in [0.29, 0.717) is 11.3 Å². The smallest absolute Gasteiger partial charge is 0.407 e. The van der Waals surface area contributed by atoms with Crippen LogP contribution in [0.5, 0.6) is 0 Å². The first kappa shape index (κ1) is 21.9. The maximum absolute atomic E-state index is 12.2. The zero-order valence-corrected chi connectivity index (χ0v) is 17.1. The fraction of sp³-hybridized carbons (Fsp3) is 0.400. The highest BCUT2D eigenvalue weighted by molar-refractivity contribution is 5.89. The molecule has 0 aliphatic rings. The summed E-state index contributed by atoms with van der Waals surface area (Å²) in [4.78, 5) is 47.5. The molecule has 0 spiro atoms. The van der Waals surface area contributed by atoms with Gasteiger partial charge in [0.25, 0.3) is 5.56 Å². The van der Waals surface area contributed by atoms with Gasteiger partial charge < -0.3 is 14.8 Å². The highest BCUT2D eigenvalue weighted by Crippen LogP contribution is 2.09. The summed E-state index contributed by atoms with van der Waals surface area (Å²) in [6.07, 6.45) is -0.527. The molecule has 1 N–H and O–H groups in total. The second kappa shape index (κ2) is 8.76. The first-order valence-electron chi connectivity index (χ1n) is 8.97. The number of carbonyl (C=O) groups excluding carboxylic acids is 2. The third-order valence-corrected chi connectivity index (χ3v) is 4.00. The van der Waals surface area contributed by atoms with Crippen LogP contribution < -0.4 is 16.6 Å². The minimum Gasteiger partial charge on any atom is -0.456 e. The van der Waals surface area contributed by atoms with Crippen LogP contribution >= 0.6 is 0 Å². The molecule has 0 saturated carbocycles. The van der Waals surface area contributed by atoms with Gasteiger partial charge in [-0.3, -0.25) is 13.9 Å². The van der Waals surface area contributed by atoms with Crippen molar-refractivity contribution in [1.29, 1.82) is 0 Å². The van der Waals surface area contributed by atoms with Crippen LogP contribution in [-0.2, 0) is 36.7 Å². The highest BCUT2D eigenvalue weighted by atomic mass is 16.6. The molecule has 156 valence electrons. The maximum Gasteiger partial charge on any atom is 0.407 e. The van der Waals surface area contributed by atoms with Crippen molar-refractivity contribution in [2.24, 2.45) is 14.1 Å². The minimum atomic E-state index is -0.593. The molecule has 0 radical (unpaired) electrons. The van der Waals surface area contributed by atoms with Gasteiger partial charge in [-0.25, -0.2) is 14.4 Å². The lowest BCUT2D eigenvalue weighted by molar-refractivity contribution is 0.0460. The summed E-state index contributed by atoms with van der Waals surface area (Å²) in [6.45, 7) is 5.37. The Kier molecular flexibility index (Phi) is 6.63. The van der Waals surface area contributed by atoms with Crippen LogP contribution in [0, 0.1) is 0 Å². The Morgan fingerprint density at radius 1 is 1.03 bits per heavy atom. The fourth-order valence-electron chi connectivity index (χ4n) is 2.39. The molecule has 29 heavy (non-hydrogen) atoms. The zero-order valence-electron chi connectivity index (χ0n) is 17.1. The SMILES string of the molecule is Cn1c(COC(=O)c2ccc(CNC(=O)OC(C)(C)C)cc2)cc(=O)n(C)c1=O. The van der Waals surface area contributed by atoms with Crippen molar-refractivity contribution in [2.45, 2.75) is 39.5 Å². The topological polar surface area (TPSA) is 109 Å². The molecular weight excluding hydrogens is 378 g/mol. The Balaban J connectivity index is 1.95. The number of alkyl carbamates (subject to hydrolysis) is 1. The lowest BCUT2D eigenvalue weighted by atomic mass is 10.1. The Morgan fingerprint density at radius 2 is 1.66 bits per heavy atom. The lowest BCUT2D eigenvalue weighted by Gasteiger charge is -2.19. The minimum absolute atomic E-state index is 0.206. The monoisotopic (exact) mass is 403 g/mol. The van der Waals surface area contributed by atoms with Gasteiger partial charge in [0, 0.05) is 26.7 Å². The van der Waals surface area contributed by atoms with Crippen LogP contribution in [0.15, 0.2) is 39.9 Å². The van der Waals surface area contributed by atoms with Crippen molar-refractivity contribution in [2.75, 3.05) is 0 Å². The van der Waals surface area contributed by atoms with E-state index in [4.69, 9.17) is 9.47 Å². The van der Waals surface area contributed by atoms with E-state index in [9.17, 15) is 19.2 Å². The average Bonchev–Trinajstić information content (AvgIpc) is 2.65. The molecule has 9 nitrogen and oxygen atoms in total. The summed E-state index contributed by atoms with van der Waals surface area (Å²) in [6, 6.07) is 7.75. The van der Waals surface area contributed by atoms with Crippen molar-refractivity contribution in [3.63, 3.8) is 0 Å². The van der Waals surface area contributed by atoms with E-state index in [1.807, 2.05) is 0 Å². The molecule has 2 aromatic rings. The number of carbonyl (C=O) groups is 2. The maximum atomic E-state index is 12.2. The molecule has 1 aromatic heterocycles. The standard InChI is InChI=1S/C20H25N3O6/c1-20(2,3)29-18(26)21-11-13-6-8-14(9-7-13)17(25)28-12-15-10-16(24)23(5)19(27)22(15)4/h6-10H,11-12H2,1-5H3,(H,21,26). The predicted octanol–water partition coefficient (Wildman–Crippen LogP) is 1.47. The van der Waals surface area contributed by atoms with Crippen molar-refractivity contribution in [1.82, 2.24) is 14.5 Å². The summed E-state index contributed by atoms with van der Waals surface area (Å²) < 4.78 is 12.6. The summed E-state index contributed by atoms with van der Waals surface area (Å²) in [7, 11) is 2.87. The summed E-state index contributed by atoms with van der Waals surface area (Å²) in [5, 5.41) is 2.63. The summed E-state index contributed by atoms with van der Waals surface area (Å²) >= 11 is 0. The Hall–Kier alpha value is -3.36. The van der Waals surface area contributed by atoms with Crippen molar-refractivity contribution >= 4 is 12.1 Å². The number of nitrogens with one attached hydrogen (secondary N) is 1. The van der Waals surface area contributed by atoms with Crippen LogP contribution in [0.1, 0.15) is 42.4 Å². The lowest BCUT2D eigenvalue weighted by Crippen LogP contribution is -2.38. The van der Waals surface area contributed by atoms with Gasteiger partial charge in [-0.2, -0.15) is 0 Å². The van der Waals surface area contributed by atoms with Crippen LogP contribution in [0.4, 0.5) is 4.79 Å². The second-order valence-corrected chi connectivity index (χ2v) is 7.50. The summed E-state index contributed by atoms with van der Waals surface area (Å²) in [5.74, 6) is -0.593. The van der Waals surface area contributed by atoms with E-state index in [1.54, 1.807) is 45.0 Å². The molecule has 1 aromatic carbocycles. The molecule has 1 amide bonds. The number of amides is 1. The highest BCUT2D eigenvalue weighted by Gasteiger charge is 2.16. The van der Waals surface area contributed by atoms with Gasteiger partial charge >= 0.3 is 17.8 Å². The molecule has 0 aliphatic carbocycles. The van der Waals surface area contributed by atoms with Gasteiger partial charge in [0.1, 0.15) is 12.2 Å². The average molecular weight is 403 g/mol. The molecule has 1 heterocycles. The normalized spacial score (nSPS) is 11.1. The van der Waals surface area contributed by atoms with Gasteiger partial charge in [0.15, 0.2) is 0 Å². The van der Waals surface area contributed by atoms with Gasteiger partial charge in [-0.1, -0.05) is 12.1 Å². The quantitative estimate of drug-likeness (QED) is 0.758. The third-order valence-electron chi connectivity index (χ3n) is 4.00. The number of hydrogen-bond donors (Lipinski definition) is 1. The number of esters is 1. The van der Waals surface area contributed by atoms with E-state index >= 15 is 0 Å². The molecule has 9 heteroatoms. The van der Waals surface area contributed by atoms with E-state index in [0.717, 1.165) is 10.1 Å². The number of ether oxygens (including phenoxy) is 2. The molecule has 0 atom stereocenters. The van der Waals surface area contributed by atoms with E-state index < -0.39 is 28.9 Å². The largest absolute Gasteiger partial charge is 0.456 e. The molecule has 0 unspecified atom stereocenters. The Bertz CT molecular complexity index is 1010. The molecule has 2 rings (SSSR count). The van der Waals surface area contributed by atoms with Crippen molar-refractivity contribution in [3.05, 3.63) is 68.0 Å². The molecular formula is C20H25N3O6. The van der Waals surface area contributed by atoms with Gasteiger partial charge in [-0.15, -0.1) is 0 Å². The fourth-order valence-corrected chi connectivity index (χ4v) is 2.39. The summed E-state index contributed by atoms with van der Waals surface area (Å²) in [5.41, 5.74) is -0.165. The number of aromatic nitrogens is 2. The number of nitrogens with zero attached hydrogens (tertiary/aromatic N) is 2. The van der Waals surface area contributed by atoms with E-state index in [-0.39, 0.29) is 13.2 Å². The molecule has 0 bridgehead atoms. The number of benzene rings is 1. The van der Waals surface area contributed by atoms with Gasteiger partial charge in [0.05, 0.1) is 11.3 Å². The van der Waals surface area contributed by atoms with Crippen molar-refractivity contribution < 1.29 is 19.1 Å². The molecule has 0 aliphatic heterocycles. The predicted molar refractivity (Wildman–Crippen MR) is 106 cm³/mol. The Labute approximate surface area is 167 Å². The zero-order chi connectivity index (χ0) is 21.8. The number of rotatable bonds is 5. The number of hydrogen-bond acceptors (Lipinski definition) is 6. The molecule has 0 saturated heterocycles. The third kappa shape index (κ3) is 6.06. The van der Waals surface area contributed by atoms with Gasteiger partial charge in [-0.05, 0) is 38.5 Å². The van der Waals surface area contributed by atoms with Gasteiger partial charge in [0.2, 0.25) is 0 Å². The first-order chi connectivity index (χ1) is 13.5. The van der Waals surface area contributed by atoms with Crippen LogP contribution in [0.3, 0.4) is 0 Å². The molecule has 0 fully saturated rings. The van der Waals surface area contributed by atoms with Crippen LogP contribution in [0.2, 0.25) is 0 Å². The van der Waals surface area contributed by atoms with E-state index in [2.05, 4.69) is 5.32 Å². The first-order valence-corrected chi connectivity index (χ1v) is 8.97. The van der Waals surface area contributed by atoms with E-state index in [1.165, 1.54) is 24.7 Å². The van der Waals surface area contributed by atoms with Crippen molar-refractivity contribution in [3.8, 4) is 0 Å². The second-order valence-electron chi connectivity index (χ2n) is 7.50.